The van der Waals surface area contributed by atoms with Crippen molar-refractivity contribution in [2.75, 3.05) is 23.1 Å². The number of thiocarbonyl (C=S) groups is 1. The van der Waals surface area contributed by atoms with Gasteiger partial charge in [-0.3, -0.25) is 4.79 Å². The number of rotatable bonds is 8. The molecule has 0 aromatic heterocycles. The molecule has 0 bridgehead atoms. The van der Waals surface area contributed by atoms with Crippen molar-refractivity contribution >= 4 is 63.7 Å². The van der Waals surface area contributed by atoms with Crippen LogP contribution in [0.15, 0.2) is 108 Å². The number of benzene rings is 4. The van der Waals surface area contributed by atoms with Crippen LogP contribution in [0.25, 0.3) is 0 Å². The van der Waals surface area contributed by atoms with Crippen LogP contribution < -0.4 is 20.7 Å². The van der Waals surface area contributed by atoms with E-state index in [4.69, 9.17) is 28.6 Å². The van der Waals surface area contributed by atoms with Gasteiger partial charge in [0.2, 0.25) is 5.91 Å². The molecule has 0 fully saturated rings. The van der Waals surface area contributed by atoms with E-state index in [0.717, 1.165) is 21.8 Å². The van der Waals surface area contributed by atoms with Gasteiger partial charge in [-0.15, -0.1) is 11.8 Å². The third-order valence-corrected chi connectivity index (χ3v) is 6.82. The van der Waals surface area contributed by atoms with Crippen LogP contribution in [-0.2, 0) is 4.79 Å². The lowest BCUT2D eigenvalue weighted by Crippen LogP contribution is -2.20. The van der Waals surface area contributed by atoms with Gasteiger partial charge in [-0.25, -0.2) is 0 Å². The molecule has 182 valence electrons. The van der Waals surface area contributed by atoms with Crippen LogP contribution in [0, 0.1) is 0 Å². The van der Waals surface area contributed by atoms with Gasteiger partial charge in [-0.05, 0) is 66.3 Å². The lowest BCUT2D eigenvalue weighted by Gasteiger charge is -2.18. The Kier molecular flexibility index (Phi) is 8.84. The number of amides is 1. The summed E-state index contributed by atoms with van der Waals surface area (Å²) < 4.78 is 5.37. The minimum atomic E-state index is -0.473. The second-order valence-corrected chi connectivity index (χ2v) is 9.74. The van der Waals surface area contributed by atoms with Crippen molar-refractivity contribution < 1.29 is 9.53 Å². The van der Waals surface area contributed by atoms with Crippen LogP contribution in [0.5, 0.6) is 5.75 Å². The first-order chi connectivity index (χ1) is 17.5. The monoisotopic (exact) mass is 533 g/mol. The fraction of sp³-hybridized carbons (Fsp3) is 0.0714. The van der Waals surface area contributed by atoms with Gasteiger partial charge in [-0.2, -0.15) is 0 Å². The smallest absolute Gasteiger partial charge is 0.242 e. The van der Waals surface area contributed by atoms with Crippen LogP contribution in [0.2, 0.25) is 5.02 Å². The summed E-state index contributed by atoms with van der Waals surface area (Å²) in [6.07, 6.45) is 0. The molecule has 0 saturated carbocycles. The fourth-order valence-electron chi connectivity index (χ4n) is 3.49. The van der Waals surface area contributed by atoms with Gasteiger partial charge in [0.05, 0.1) is 12.8 Å². The molecule has 8 heteroatoms. The summed E-state index contributed by atoms with van der Waals surface area (Å²) in [7, 11) is 1.61. The zero-order chi connectivity index (χ0) is 25.3. The molecule has 0 spiro atoms. The topological polar surface area (TPSA) is 62.4 Å². The summed E-state index contributed by atoms with van der Waals surface area (Å²) in [5.74, 6) is 0.558. The minimum Gasteiger partial charge on any atom is -0.495 e. The molecule has 4 aromatic carbocycles. The standard InChI is InChI=1S/C28H24ClN3O2S2/c1-34-25-16-6-5-15-24(25)32-28(35)31-22-13-8-14-23(18-22)36-26(19-9-3-2-4-10-19)27(33)30-21-12-7-11-20(29)17-21/h2-18,26H,1H3,(H,30,33)(H2,31,32,35). The van der Waals surface area contributed by atoms with E-state index >= 15 is 0 Å². The molecule has 1 amide bonds. The highest BCUT2D eigenvalue weighted by atomic mass is 35.5. The molecule has 0 aliphatic heterocycles. The normalized spacial score (nSPS) is 11.3. The Labute approximate surface area is 225 Å². The highest BCUT2D eigenvalue weighted by Crippen LogP contribution is 2.37. The molecule has 5 nitrogen and oxygen atoms in total. The van der Waals surface area contributed by atoms with E-state index in [1.165, 1.54) is 11.8 Å². The quantitative estimate of drug-likeness (QED) is 0.160. The number of hydrogen-bond donors (Lipinski definition) is 3. The van der Waals surface area contributed by atoms with Crippen molar-refractivity contribution in [3.8, 4) is 5.75 Å². The van der Waals surface area contributed by atoms with E-state index < -0.39 is 5.25 Å². The van der Waals surface area contributed by atoms with Crippen LogP contribution >= 0.6 is 35.6 Å². The Balaban J connectivity index is 1.50. The lowest BCUT2D eigenvalue weighted by molar-refractivity contribution is -0.115. The molecular weight excluding hydrogens is 510 g/mol. The van der Waals surface area contributed by atoms with Crippen molar-refractivity contribution in [3.63, 3.8) is 0 Å². The van der Waals surface area contributed by atoms with Gasteiger partial charge in [0.1, 0.15) is 11.0 Å². The van der Waals surface area contributed by atoms with E-state index in [2.05, 4.69) is 16.0 Å². The van der Waals surface area contributed by atoms with E-state index in [0.29, 0.717) is 21.6 Å². The molecule has 1 unspecified atom stereocenters. The van der Waals surface area contributed by atoms with Gasteiger partial charge in [0.15, 0.2) is 5.11 Å². The van der Waals surface area contributed by atoms with Crippen LogP contribution in [0.1, 0.15) is 10.8 Å². The predicted octanol–water partition coefficient (Wildman–Crippen LogP) is 7.63. The Bertz CT molecular complexity index is 1350. The minimum absolute atomic E-state index is 0.139. The number of ether oxygens (including phenoxy) is 1. The average Bonchev–Trinajstić information content (AvgIpc) is 2.88. The molecule has 0 aliphatic carbocycles. The Morgan fingerprint density at radius 2 is 1.53 bits per heavy atom. The average molecular weight is 534 g/mol. The maximum Gasteiger partial charge on any atom is 0.242 e. The molecule has 4 rings (SSSR count). The largest absolute Gasteiger partial charge is 0.495 e. The Hall–Kier alpha value is -3.52. The van der Waals surface area contributed by atoms with Crippen molar-refractivity contribution in [2.24, 2.45) is 0 Å². The molecule has 4 aromatic rings. The van der Waals surface area contributed by atoms with Crippen LogP contribution in [0.3, 0.4) is 0 Å². The van der Waals surface area contributed by atoms with Crippen molar-refractivity contribution in [1.82, 2.24) is 0 Å². The number of anilines is 3. The second-order valence-electron chi connectivity index (χ2n) is 7.72. The molecule has 1 atom stereocenters. The van der Waals surface area contributed by atoms with Gasteiger partial charge in [0, 0.05) is 21.3 Å². The maximum absolute atomic E-state index is 13.3. The van der Waals surface area contributed by atoms with Gasteiger partial charge < -0.3 is 20.7 Å². The van der Waals surface area contributed by atoms with Crippen molar-refractivity contribution in [2.45, 2.75) is 10.1 Å². The third-order valence-electron chi connectivity index (χ3n) is 5.13. The third kappa shape index (κ3) is 7.01. The number of halogens is 1. The number of carbonyl (C=O) groups excluding carboxylic acids is 1. The second kappa shape index (κ2) is 12.4. The van der Waals surface area contributed by atoms with Crippen LogP contribution in [-0.4, -0.2) is 18.1 Å². The highest BCUT2D eigenvalue weighted by Gasteiger charge is 2.22. The first-order valence-corrected chi connectivity index (χ1v) is 12.8. The fourth-order valence-corrected chi connectivity index (χ4v) is 4.99. The van der Waals surface area contributed by atoms with E-state index in [9.17, 15) is 4.79 Å². The number of nitrogens with one attached hydrogen (secondary N) is 3. The SMILES string of the molecule is COc1ccccc1NC(=S)Nc1cccc(SC(C(=O)Nc2cccc(Cl)c2)c2ccccc2)c1. The summed E-state index contributed by atoms with van der Waals surface area (Å²) in [6, 6.07) is 32.1. The van der Waals surface area contributed by atoms with Gasteiger partial charge >= 0.3 is 0 Å². The van der Waals surface area contributed by atoms with E-state index in [1.54, 1.807) is 25.3 Å². The number of carbonyl (C=O) groups is 1. The van der Waals surface area contributed by atoms with Crippen LogP contribution in [0.4, 0.5) is 17.1 Å². The molecule has 0 heterocycles. The highest BCUT2D eigenvalue weighted by molar-refractivity contribution is 8.00. The molecule has 36 heavy (non-hydrogen) atoms. The summed E-state index contributed by atoms with van der Waals surface area (Å²) in [6.45, 7) is 0. The number of hydrogen-bond acceptors (Lipinski definition) is 4. The Morgan fingerprint density at radius 3 is 2.28 bits per heavy atom. The first kappa shape index (κ1) is 25.6. The van der Waals surface area contributed by atoms with Gasteiger partial charge in [-0.1, -0.05) is 66.2 Å². The zero-order valence-electron chi connectivity index (χ0n) is 19.4. The zero-order valence-corrected chi connectivity index (χ0v) is 21.8. The first-order valence-electron chi connectivity index (χ1n) is 11.1. The summed E-state index contributed by atoms with van der Waals surface area (Å²) in [5.41, 5.74) is 3.12. The Morgan fingerprint density at radius 1 is 0.833 bits per heavy atom. The number of methoxy groups -OCH3 is 1. The summed E-state index contributed by atoms with van der Waals surface area (Å²) in [5, 5.41) is 9.87. The number of para-hydroxylation sites is 2. The number of thioether (sulfide) groups is 1. The predicted molar refractivity (Wildman–Crippen MR) is 154 cm³/mol. The van der Waals surface area contributed by atoms with E-state index in [1.807, 2.05) is 84.9 Å². The van der Waals surface area contributed by atoms with E-state index in [-0.39, 0.29) is 5.91 Å². The molecule has 0 radical (unpaired) electrons. The molecular formula is C28H24ClN3O2S2. The summed E-state index contributed by atoms with van der Waals surface area (Å²) in [4.78, 5) is 14.2. The van der Waals surface area contributed by atoms with Crippen molar-refractivity contribution in [3.05, 3.63) is 114 Å². The molecule has 3 N–H and O–H groups in total. The van der Waals surface area contributed by atoms with Gasteiger partial charge in [0.25, 0.3) is 0 Å². The van der Waals surface area contributed by atoms with Crippen molar-refractivity contribution in [1.29, 1.82) is 0 Å². The summed E-state index contributed by atoms with van der Waals surface area (Å²) >= 11 is 13.1. The lowest BCUT2D eigenvalue weighted by atomic mass is 10.1. The molecule has 0 aliphatic rings. The molecule has 0 saturated heterocycles. The maximum atomic E-state index is 13.3.